The molecule has 2 bridgehead atoms. The summed E-state index contributed by atoms with van der Waals surface area (Å²) in [6.07, 6.45) is 6.01. The van der Waals surface area contributed by atoms with Gasteiger partial charge in [0.05, 0.1) is 23.1 Å². The van der Waals surface area contributed by atoms with Crippen LogP contribution in [-0.2, 0) is 21.9 Å². The fourth-order valence-corrected chi connectivity index (χ4v) is 9.81. The van der Waals surface area contributed by atoms with E-state index in [2.05, 4.69) is 27.1 Å². The fourth-order valence-electron chi connectivity index (χ4n) is 8.33. The normalized spacial score (nSPS) is 35.4. The van der Waals surface area contributed by atoms with Crippen LogP contribution in [0.25, 0.3) is 0 Å². The monoisotopic (exact) mass is 643 g/mol. The van der Waals surface area contributed by atoms with Crippen LogP contribution in [0.15, 0.2) is 36.4 Å². The maximum absolute atomic E-state index is 13.5. The van der Waals surface area contributed by atoms with Gasteiger partial charge in [-0.25, -0.2) is 13.1 Å². The highest BCUT2D eigenvalue weighted by molar-refractivity contribution is 7.90. The first kappa shape index (κ1) is 31.6. The van der Waals surface area contributed by atoms with E-state index in [1.54, 1.807) is 25.1 Å². The van der Waals surface area contributed by atoms with Gasteiger partial charge >= 0.3 is 0 Å². The molecule has 1 saturated carbocycles. The molecule has 2 aliphatic heterocycles. The van der Waals surface area contributed by atoms with Crippen LogP contribution in [0.4, 0.5) is 5.69 Å². The standard InChI is InChI=1S/C34H46ClN3O5S/c1-21-14-27(36-4)17-33(3,40)28-10-7-25(28)18-38-19-34(13-5-6-23-15-26(35)9-11-29(23)34)20-43-31-12-8-24(16-30(31)38)32(39)37-44(41,42)22(21)2/h8-9,11-12,15-16,21-22,25,27-28,36,40H,5-7,10,13-14,17-20H2,1-4H3,(H,37,39)/t21-,22+,25-,27+,28+,33+,34-/m0/s1. The zero-order valence-electron chi connectivity index (χ0n) is 26.2. The van der Waals surface area contributed by atoms with E-state index in [0.717, 1.165) is 42.8 Å². The molecular formula is C34H46ClN3O5S. The lowest BCUT2D eigenvalue weighted by Crippen LogP contribution is -2.53. The molecule has 1 spiro atoms. The number of halogens is 1. The summed E-state index contributed by atoms with van der Waals surface area (Å²) in [5, 5.41) is 15.2. The molecule has 10 heteroatoms. The lowest BCUT2D eigenvalue weighted by molar-refractivity contribution is -0.0790. The minimum absolute atomic E-state index is 0.0674. The predicted octanol–water partition coefficient (Wildman–Crippen LogP) is 5.06. The molecule has 2 aromatic carbocycles. The molecule has 2 heterocycles. The highest BCUT2D eigenvalue weighted by Crippen LogP contribution is 2.48. The first-order valence-corrected chi connectivity index (χ1v) is 18.0. The Hall–Kier alpha value is -2.33. The zero-order valence-corrected chi connectivity index (χ0v) is 27.8. The molecule has 0 radical (unpaired) electrons. The highest BCUT2D eigenvalue weighted by atomic mass is 35.5. The average molecular weight is 644 g/mol. The van der Waals surface area contributed by atoms with E-state index in [4.69, 9.17) is 16.3 Å². The molecule has 1 amide bonds. The summed E-state index contributed by atoms with van der Waals surface area (Å²) in [6.45, 7) is 7.39. The Kier molecular flexibility index (Phi) is 8.48. The second-order valence-electron chi connectivity index (χ2n) is 14.2. The third-order valence-electron chi connectivity index (χ3n) is 11.2. The molecule has 0 unspecified atom stereocenters. The minimum Gasteiger partial charge on any atom is -0.490 e. The number of aryl methyl sites for hydroxylation is 1. The van der Waals surface area contributed by atoms with Gasteiger partial charge in [0, 0.05) is 35.1 Å². The van der Waals surface area contributed by atoms with Crippen molar-refractivity contribution in [3.8, 4) is 5.75 Å². The summed E-state index contributed by atoms with van der Waals surface area (Å²) in [7, 11) is -2.09. The van der Waals surface area contributed by atoms with Crippen molar-refractivity contribution in [2.45, 2.75) is 88.0 Å². The summed E-state index contributed by atoms with van der Waals surface area (Å²) in [4.78, 5) is 15.8. The first-order valence-electron chi connectivity index (χ1n) is 16.1. The highest BCUT2D eigenvalue weighted by Gasteiger charge is 2.48. The molecule has 7 atom stereocenters. The van der Waals surface area contributed by atoms with Crippen molar-refractivity contribution >= 4 is 33.2 Å². The molecule has 2 aliphatic carbocycles. The number of ether oxygens (including phenoxy) is 1. The van der Waals surface area contributed by atoms with Gasteiger partial charge in [0.25, 0.3) is 5.91 Å². The van der Waals surface area contributed by atoms with Gasteiger partial charge in [-0.3, -0.25) is 4.79 Å². The summed E-state index contributed by atoms with van der Waals surface area (Å²) in [5.74, 6) is 0.184. The maximum Gasteiger partial charge on any atom is 0.264 e. The molecule has 44 heavy (non-hydrogen) atoms. The van der Waals surface area contributed by atoms with Crippen molar-refractivity contribution in [3.63, 3.8) is 0 Å². The van der Waals surface area contributed by atoms with Crippen LogP contribution in [0.2, 0.25) is 5.02 Å². The summed E-state index contributed by atoms with van der Waals surface area (Å²) in [5.41, 5.74) is 2.40. The number of hydrogen-bond acceptors (Lipinski definition) is 7. The third-order valence-corrected chi connectivity index (χ3v) is 13.4. The van der Waals surface area contributed by atoms with E-state index in [1.807, 2.05) is 27.0 Å². The van der Waals surface area contributed by atoms with Gasteiger partial charge < -0.3 is 20.1 Å². The molecule has 0 aromatic heterocycles. The summed E-state index contributed by atoms with van der Waals surface area (Å²) < 4.78 is 35.7. The van der Waals surface area contributed by atoms with Crippen LogP contribution < -0.4 is 19.7 Å². The van der Waals surface area contributed by atoms with E-state index in [9.17, 15) is 18.3 Å². The van der Waals surface area contributed by atoms with Crippen molar-refractivity contribution in [1.82, 2.24) is 10.0 Å². The van der Waals surface area contributed by atoms with E-state index in [1.165, 1.54) is 11.1 Å². The SMILES string of the molecule is CN[C@@H]1C[C@H](C)[C@@H](C)S(=O)(=O)NC(=O)c2ccc3c(c2)N(C[C@@H]2CC[C@H]2[C@](C)(O)C1)C[C@@]1(CCCc2cc(Cl)ccc21)CO3. The van der Waals surface area contributed by atoms with Crippen LogP contribution in [0.3, 0.4) is 0 Å². The Labute approximate surface area is 266 Å². The van der Waals surface area contributed by atoms with Gasteiger partial charge in [0.15, 0.2) is 0 Å². The van der Waals surface area contributed by atoms with Crippen LogP contribution in [0.5, 0.6) is 5.75 Å². The van der Waals surface area contributed by atoms with Gasteiger partial charge in [-0.2, -0.15) is 0 Å². The number of nitrogens with zero attached hydrogens (tertiary/aromatic N) is 1. The van der Waals surface area contributed by atoms with Crippen LogP contribution in [0, 0.1) is 17.8 Å². The summed E-state index contributed by atoms with van der Waals surface area (Å²) in [6, 6.07) is 11.4. The lowest BCUT2D eigenvalue weighted by Gasteiger charge is -2.49. The number of amides is 1. The lowest BCUT2D eigenvalue weighted by atomic mass is 9.63. The van der Waals surface area contributed by atoms with Crippen molar-refractivity contribution in [2.24, 2.45) is 17.8 Å². The minimum atomic E-state index is -3.95. The number of aliphatic hydroxyl groups is 1. The molecule has 3 N–H and O–H groups in total. The van der Waals surface area contributed by atoms with E-state index in [-0.39, 0.29) is 34.8 Å². The van der Waals surface area contributed by atoms with Crippen LogP contribution in [-0.4, -0.2) is 63.1 Å². The van der Waals surface area contributed by atoms with E-state index < -0.39 is 26.8 Å². The molecule has 2 aromatic rings. The van der Waals surface area contributed by atoms with Crippen molar-refractivity contribution in [1.29, 1.82) is 0 Å². The molecule has 6 rings (SSSR count). The maximum atomic E-state index is 13.5. The first-order chi connectivity index (χ1) is 20.8. The molecule has 1 fully saturated rings. The number of benzene rings is 2. The van der Waals surface area contributed by atoms with Gasteiger partial charge in [-0.15, -0.1) is 0 Å². The average Bonchev–Trinajstić information content (AvgIpc) is 3.10. The molecule has 4 aliphatic rings. The van der Waals surface area contributed by atoms with Crippen LogP contribution >= 0.6 is 11.6 Å². The van der Waals surface area contributed by atoms with Crippen molar-refractivity contribution in [2.75, 3.05) is 31.6 Å². The molecule has 240 valence electrons. The smallest absolute Gasteiger partial charge is 0.264 e. The number of fused-ring (bicyclic) bond motifs is 4. The predicted molar refractivity (Wildman–Crippen MR) is 174 cm³/mol. The summed E-state index contributed by atoms with van der Waals surface area (Å²) >= 11 is 6.41. The Balaban J connectivity index is 1.43. The topological polar surface area (TPSA) is 108 Å². The number of sulfonamides is 1. The Morgan fingerprint density at radius 2 is 1.95 bits per heavy atom. The van der Waals surface area contributed by atoms with Gasteiger partial charge in [-0.1, -0.05) is 24.6 Å². The zero-order chi connectivity index (χ0) is 31.4. The van der Waals surface area contributed by atoms with Crippen molar-refractivity contribution in [3.05, 3.63) is 58.1 Å². The Morgan fingerprint density at radius 1 is 1.16 bits per heavy atom. The van der Waals surface area contributed by atoms with Gasteiger partial charge in [0.2, 0.25) is 10.0 Å². The quantitative estimate of drug-likeness (QED) is 0.399. The number of anilines is 1. The number of carbonyl (C=O) groups is 1. The van der Waals surface area contributed by atoms with E-state index >= 15 is 0 Å². The van der Waals surface area contributed by atoms with Gasteiger partial charge in [0.1, 0.15) is 5.75 Å². The number of hydrogen-bond donors (Lipinski definition) is 3. The second-order valence-corrected chi connectivity index (χ2v) is 16.6. The van der Waals surface area contributed by atoms with Crippen LogP contribution in [0.1, 0.15) is 80.8 Å². The third kappa shape index (κ3) is 5.85. The Morgan fingerprint density at radius 3 is 2.68 bits per heavy atom. The molecule has 8 nitrogen and oxygen atoms in total. The largest absolute Gasteiger partial charge is 0.490 e. The Bertz CT molecular complexity index is 1530. The van der Waals surface area contributed by atoms with E-state index in [0.29, 0.717) is 38.3 Å². The number of rotatable bonds is 1. The number of carbonyl (C=O) groups excluding carboxylic acids is 1. The second kappa shape index (κ2) is 11.8. The number of nitrogens with one attached hydrogen (secondary N) is 2. The van der Waals surface area contributed by atoms with Crippen molar-refractivity contribution < 1.29 is 23.1 Å². The molecule has 0 saturated heterocycles. The molecular weight excluding hydrogens is 598 g/mol. The fraction of sp³-hybridized carbons (Fsp3) is 0.618. The van der Waals surface area contributed by atoms with Gasteiger partial charge in [-0.05, 0) is 125 Å².